The Labute approximate surface area is 124 Å². The summed E-state index contributed by atoms with van der Waals surface area (Å²) in [5, 5.41) is 10.7. The third-order valence-electron chi connectivity index (χ3n) is 4.06. The molecule has 1 saturated heterocycles. The quantitative estimate of drug-likeness (QED) is 0.873. The van der Waals surface area contributed by atoms with Gasteiger partial charge in [0.2, 0.25) is 0 Å². The van der Waals surface area contributed by atoms with E-state index < -0.39 is 6.10 Å². The Balaban J connectivity index is 2.28. The van der Waals surface area contributed by atoms with Crippen molar-refractivity contribution in [1.82, 2.24) is 0 Å². The zero-order chi connectivity index (χ0) is 14.4. The molecule has 0 saturated carbocycles. The monoisotopic (exact) mass is 326 g/mol. The lowest BCUT2D eigenvalue weighted by Crippen LogP contribution is -2.32. The molecule has 1 fully saturated rings. The second kappa shape index (κ2) is 4.87. The first kappa shape index (κ1) is 15.0. The van der Waals surface area contributed by atoms with Gasteiger partial charge in [-0.25, -0.2) is 0 Å². The zero-order valence-electron chi connectivity index (χ0n) is 12.3. The lowest BCUT2D eigenvalue weighted by Gasteiger charge is -2.30. The van der Waals surface area contributed by atoms with Crippen LogP contribution in [0.25, 0.3) is 0 Å². The molecule has 0 amide bonds. The maximum Gasteiger partial charge on any atom is 0.0847 e. The van der Waals surface area contributed by atoms with Gasteiger partial charge in [-0.2, -0.15) is 0 Å². The van der Waals surface area contributed by atoms with Crippen LogP contribution in [0.15, 0.2) is 22.7 Å². The summed E-state index contributed by atoms with van der Waals surface area (Å²) in [6, 6.07) is 6.06. The van der Waals surface area contributed by atoms with E-state index in [0.717, 1.165) is 16.5 Å². The minimum Gasteiger partial charge on any atom is -0.388 e. The molecule has 106 valence electrons. The molecule has 0 radical (unpaired) electrons. The highest BCUT2D eigenvalue weighted by atomic mass is 79.9. The number of rotatable bonds is 2. The van der Waals surface area contributed by atoms with Crippen molar-refractivity contribution in [3.8, 4) is 0 Å². The van der Waals surface area contributed by atoms with E-state index in [1.165, 1.54) is 5.56 Å². The van der Waals surface area contributed by atoms with Gasteiger partial charge in [-0.05, 0) is 58.2 Å². The number of halogens is 1. The first-order valence-corrected chi connectivity index (χ1v) is 7.56. The fraction of sp³-hybridized carbons (Fsp3) is 0.625. The third-order valence-corrected chi connectivity index (χ3v) is 4.92. The fourth-order valence-electron chi connectivity index (χ4n) is 3.12. The summed E-state index contributed by atoms with van der Waals surface area (Å²) >= 11 is 3.53. The van der Waals surface area contributed by atoms with Crippen molar-refractivity contribution >= 4 is 15.9 Å². The second-order valence-electron chi connectivity index (χ2n) is 6.73. The van der Waals surface area contributed by atoms with Crippen LogP contribution in [0.4, 0.5) is 0 Å². The average Bonchev–Trinajstić information content (AvgIpc) is 2.49. The maximum atomic E-state index is 10.7. The number of aliphatic hydroxyl groups is 1. The summed E-state index contributed by atoms with van der Waals surface area (Å²) in [5.41, 5.74) is 1.66. The molecular formula is C16H23BrO2. The molecule has 1 N–H and O–H groups in total. The zero-order valence-corrected chi connectivity index (χ0v) is 13.9. The first-order valence-electron chi connectivity index (χ1n) is 6.77. The van der Waals surface area contributed by atoms with E-state index in [9.17, 15) is 5.11 Å². The standard InChI is InChI=1S/C16H23BrO2/c1-10-6-7-11(8-13(10)17)14(18)12-9-15(2,3)19-16(12,4)5/h6-8,12,14,18H,9H2,1-5H3. The molecule has 0 aromatic heterocycles. The van der Waals surface area contributed by atoms with Crippen LogP contribution in [-0.4, -0.2) is 16.3 Å². The largest absolute Gasteiger partial charge is 0.388 e. The summed E-state index contributed by atoms with van der Waals surface area (Å²) in [4.78, 5) is 0. The van der Waals surface area contributed by atoms with Gasteiger partial charge in [-0.3, -0.25) is 0 Å². The van der Waals surface area contributed by atoms with Gasteiger partial charge in [0.15, 0.2) is 0 Å². The minimum absolute atomic E-state index is 0.108. The Kier molecular flexibility index (Phi) is 3.85. The molecule has 3 heteroatoms. The van der Waals surface area contributed by atoms with Gasteiger partial charge < -0.3 is 9.84 Å². The Bertz CT molecular complexity index is 480. The summed E-state index contributed by atoms with van der Waals surface area (Å²) in [6.07, 6.45) is 0.376. The van der Waals surface area contributed by atoms with Crippen molar-refractivity contribution in [2.24, 2.45) is 5.92 Å². The molecule has 0 aliphatic carbocycles. The van der Waals surface area contributed by atoms with E-state index >= 15 is 0 Å². The number of aliphatic hydroxyl groups excluding tert-OH is 1. The van der Waals surface area contributed by atoms with Crippen LogP contribution >= 0.6 is 15.9 Å². The van der Waals surface area contributed by atoms with Crippen molar-refractivity contribution in [3.63, 3.8) is 0 Å². The number of hydrogen-bond acceptors (Lipinski definition) is 2. The van der Waals surface area contributed by atoms with E-state index in [1.807, 2.05) is 25.1 Å². The van der Waals surface area contributed by atoms with E-state index in [0.29, 0.717) is 0 Å². The number of aryl methyl sites for hydroxylation is 1. The topological polar surface area (TPSA) is 29.5 Å². The lowest BCUT2D eigenvalue weighted by atomic mass is 9.80. The Morgan fingerprint density at radius 3 is 2.42 bits per heavy atom. The maximum absolute atomic E-state index is 10.7. The van der Waals surface area contributed by atoms with Crippen LogP contribution in [-0.2, 0) is 4.74 Å². The van der Waals surface area contributed by atoms with Crippen LogP contribution in [0.3, 0.4) is 0 Å². The van der Waals surface area contributed by atoms with Crippen molar-refractivity contribution in [2.75, 3.05) is 0 Å². The Morgan fingerprint density at radius 1 is 1.32 bits per heavy atom. The molecular weight excluding hydrogens is 304 g/mol. The molecule has 1 heterocycles. The Hall–Kier alpha value is -0.380. The van der Waals surface area contributed by atoms with E-state index in [2.05, 4.69) is 43.6 Å². The average molecular weight is 327 g/mol. The van der Waals surface area contributed by atoms with Gasteiger partial charge in [0.1, 0.15) is 0 Å². The van der Waals surface area contributed by atoms with Gasteiger partial charge in [-0.1, -0.05) is 28.1 Å². The van der Waals surface area contributed by atoms with Crippen molar-refractivity contribution < 1.29 is 9.84 Å². The van der Waals surface area contributed by atoms with Crippen molar-refractivity contribution in [2.45, 2.75) is 58.3 Å². The number of benzene rings is 1. The summed E-state index contributed by atoms with van der Waals surface area (Å²) in [6.45, 7) is 10.4. The molecule has 1 aliphatic rings. The molecule has 2 atom stereocenters. The first-order chi connectivity index (χ1) is 8.62. The van der Waals surface area contributed by atoms with Crippen LogP contribution < -0.4 is 0 Å². The highest BCUT2D eigenvalue weighted by Gasteiger charge is 2.49. The van der Waals surface area contributed by atoms with Crippen molar-refractivity contribution in [1.29, 1.82) is 0 Å². The summed E-state index contributed by atoms with van der Waals surface area (Å²) in [5.74, 6) is 0.108. The van der Waals surface area contributed by atoms with E-state index in [-0.39, 0.29) is 17.1 Å². The summed E-state index contributed by atoms with van der Waals surface area (Å²) in [7, 11) is 0. The molecule has 1 aromatic rings. The number of hydrogen-bond donors (Lipinski definition) is 1. The van der Waals surface area contributed by atoms with Crippen LogP contribution in [0.2, 0.25) is 0 Å². The lowest BCUT2D eigenvalue weighted by molar-refractivity contribution is -0.0880. The minimum atomic E-state index is -0.492. The van der Waals surface area contributed by atoms with Gasteiger partial charge in [0.25, 0.3) is 0 Å². The molecule has 2 nitrogen and oxygen atoms in total. The normalized spacial score (nSPS) is 26.4. The van der Waals surface area contributed by atoms with Crippen LogP contribution in [0.1, 0.15) is 51.3 Å². The fourth-order valence-corrected chi connectivity index (χ4v) is 3.52. The van der Waals surface area contributed by atoms with E-state index in [1.54, 1.807) is 0 Å². The second-order valence-corrected chi connectivity index (χ2v) is 7.58. The molecule has 2 unspecified atom stereocenters. The predicted octanol–water partition coefficient (Wildman–Crippen LogP) is 4.38. The Morgan fingerprint density at radius 2 is 1.95 bits per heavy atom. The predicted molar refractivity (Wildman–Crippen MR) is 81.2 cm³/mol. The smallest absolute Gasteiger partial charge is 0.0847 e. The van der Waals surface area contributed by atoms with Gasteiger partial charge in [-0.15, -0.1) is 0 Å². The number of ether oxygens (including phenoxy) is 1. The molecule has 19 heavy (non-hydrogen) atoms. The van der Waals surface area contributed by atoms with Gasteiger partial charge in [0.05, 0.1) is 17.3 Å². The SMILES string of the molecule is Cc1ccc(C(O)C2CC(C)(C)OC2(C)C)cc1Br. The molecule has 1 aliphatic heterocycles. The molecule has 2 rings (SSSR count). The molecule has 0 bridgehead atoms. The van der Waals surface area contributed by atoms with Gasteiger partial charge in [0, 0.05) is 10.4 Å². The highest BCUT2D eigenvalue weighted by Crippen LogP contribution is 2.47. The highest BCUT2D eigenvalue weighted by molar-refractivity contribution is 9.10. The van der Waals surface area contributed by atoms with Crippen molar-refractivity contribution in [3.05, 3.63) is 33.8 Å². The summed E-state index contributed by atoms with van der Waals surface area (Å²) < 4.78 is 7.12. The van der Waals surface area contributed by atoms with Crippen LogP contribution in [0, 0.1) is 12.8 Å². The molecule has 0 spiro atoms. The van der Waals surface area contributed by atoms with E-state index in [4.69, 9.17) is 4.74 Å². The van der Waals surface area contributed by atoms with Crippen LogP contribution in [0.5, 0.6) is 0 Å². The van der Waals surface area contributed by atoms with Gasteiger partial charge >= 0.3 is 0 Å². The molecule has 1 aromatic carbocycles. The third kappa shape index (κ3) is 3.04.